The summed E-state index contributed by atoms with van der Waals surface area (Å²) >= 11 is 5.92. The van der Waals surface area contributed by atoms with Gasteiger partial charge in [-0.2, -0.15) is 0 Å². The highest BCUT2D eigenvalue weighted by molar-refractivity contribution is 7.85. The molecule has 21 heavy (non-hydrogen) atoms. The highest BCUT2D eigenvalue weighted by Crippen LogP contribution is 2.36. The molecule has 0 aromatic heterocycles. The van der Waals surface area contributed by atoms with Crippen LogP contribution in [0.2, 0.25) is 5.02 Å². The van der Waals surface area contributed by atoms with E-state index < -0.39 is 10.8 Å². The molecule has 0 saturated carbocycles. The summed E-state index contributed by atoms with van der Waals surface area (Å²) in [5.74, 6) is 0. The Morgan fingerprint density at radius 1 is 1.19 bits per heavy atom. The number of fused-ring (bicyclic) bond motifs is 1. The Kier molecular flexibility index (Phi) is 4.43. The summed E-state index contributed by atoms with van der Waals surface area (Å²) in [6.45, 7) is 2.95. The summed E-state index contributed by atoms with van der Waals surface area (Å²) in [6.07, 6.45) is 0.850. The molecule has 0 saturated heterocycles. The molecule has 4 heteroatoms. The average Bonchev–Trinajstić information content (AvgIpc) is 2.87. The van der Waals surface area contributed by atoms with Crippen molar-refractivity contribution in [3.63, 3.8) is 0 Å². The van der Waals surface area contributed by atoms with Crippen LogP contribution in [-0.4, -0.2) is 16.0 Å². The third-order valence-electron chi connectivity index (χ3n) is 3.93. The van der Waals surface area contributed by atoms with E-state index in [-0.39, 0.29) is 11.3 Å². The Morgan fingerprint density at radius 2 is 1.90 bits per heavy atom. The lowest BCUT2D eigenvalue weighted by Gasteiger charge is -2.21. The molecular weight excluding hydrogens is 302 g/mol. The van der Waals surface area contributed by atoms with Gasteiger partial charge in [-0.3, -0.25) is 4.21 Å². The number of rotatable bonds is 4. The summed E-state index contributed by atoms with van der Waals surface area (Å²) in [4.78, 5) is 0.847. The molecule has 0 radical (unpaired) electrons. The molecule has 0 spiro atoms. The quantitative estimate of drug-likeness (QED) is 0.930. The van der Waals surface area contributed by atoms with Crippen LogP contribution < -0.4 is 5.32 Å². The van der Waals surface area contributed by atoms with E-state index in [1.807, 2.05) is 12.1 Å². The number of hydrogen-bond acceptors (Lipinski definition) is 2. The fourth-order valence-electron chi connectivity index (χ4n) is 2.96. The van der Waals surface area contributed by atoms with Gasteiger partial charge in [-0.25, -0.2) is 0 Å². The lowest BCUT2D eigenvalue weighted by atomic mass is 10.1. The van der Waals surface area contributed by atoms with Gasteiger partial charge in [-0.05, 0) is 48.4 Å². The minimum atomic E-state index is -1.05. The van der Waals surface area contributed by atoms with Gasteiger partial charge >= 0.3 is 0 Å². The maximum Gasteiger partial charge on any atom is 0.0630 e. The molecule has 110 valence electrons. The third kappa shape index (κ3) is 2.91. The standard InChI is InChI=1S/C17H18ClNOS/c1-2-19-17-15-6-4-3-5-12(15)11-16(17)21(20)14-9-7-13(18)8-10-14/h3-10,16-17,19H,2,11H2,1H3. The van der Waals surface area contributed by atoms with Gasteiger partial charge in [0.25, 0.3) is 0 Å². The zero-order chi connectivity index (χ0) is 14.8. The van der Waals surface area contributed by atoms with Crippen molar-refractivity contribution in [1.29, 1.82) is 0 Å². The smallest absolute Gasteiger partial charge is 0.0630 e. The molecule has 0 fully saturated rings. The molecule has 0 aliphatic heterocycles. The van der Waals surface area contributed by atoms with Crippen LogP contribution in [0.1, 0.15) is 24.1 Å². The summed E-state index contributed by atoms with van der Waals surface area (Å²) in [7, 11) is -1.05. The molecule has 1 aliphatic rings. The van der Waals surface area contributed by atoms with Crippen molar-refractivity contribution in [1.82, 2.24) is 5.32 Å². The van der Waals surface area contributed by atoms with Crippen LogP contribution in [0.3, 0.4) is 0 Å². The molecular formula is C17H18ClNOS. The molecule has 2 aromatic carbocycles. The molecule has 0 heterocycles. The molecule has 0 bridgehead atoms. The molecule has 2 aromatic rings. The Labute approximate surface area is 133 Å². The minimum Gasteiger partial charge on any atom is -0.309 e. The van der Waals surface area contributed by atoms with Gasteiger partial charge in [0.1, 0.15) is 0 Å². The van der Waals surface area contributed by atoms with Crippen LogP contribution in [0.4, 0.5) is 0 Å². The summed E-state index contributed by atoms with van der Waals surface area (Å²) < 4.78 is 12.9. The van der Waals surface area contributed by atoms with Crippen molar-refractivity contribution in [2.75, 3.05) is 6.54 Å². The van der Waals surface area contributed by atoms with E-state index in [1.165, 1.54) is 11.1 Å². The Balaban J connectivity index is 1.91. The van der Waals surface area contributed by atoms with Gasteiger partial charge in [0.05, 0.1) is 16.0 Å². The second kappa shape index (κ2) is 6.30. The van der Waals surface area contributed by atoms with Crippen LogP contribution in [0, 0.1) is 0 Å². The van der Waals surface area contributed by atoms with Crippen molar-refractivity contribution in [3.8, 4) is 0 Å². The minimum absolute atomic E-state index is 0.0727. The summed E-state index contributed by atoms with van der Waals surface area (Å²) in [5, 5.41) is 4.24. The first-order valence-electron chi connectivity index (χ1n) is 7.18. The second-order valence-electron chi connectivity index (χ2n) is 5.23. The maximum absolute atomic E-state index is 12.9. The largest absolute Gasteiger partial charge is 0.309 e. The van der Waals surface area contributed by atoms with E-state index in [9.17, 15) is 4.21 Å². The molecule has 0 amide bonds. The first kappa shape index (κ1) is 14.8. The zero-order valence-corrected chi connectivity index (χ0v) is 13.5. The zero-order valence-electron chi connectivity index (χ0n) is 11.9. The van der Waals surface area contributed by atoms with E-state index in [2.05, 4.69) is 36.5 Å². The second-order valence-corrected chi connectivity index (χ2v) is 7.34. The lowest BCUT2D eigenvalue weighted by Crippen LogP contribution is -2.31. The van der Waals surface area contributed by atoms with E-state index >= 15 is 0 Å². The van der Waals surface area contributed by atoms with E-state index in [4.69, 9.17) is 11.6 Å². The highest BCUT2D eigenvalue weighted by Gasteiger charge is 2.36. The van der Waals surface area contributed by atoms with Gasteiger partial charge in [-0.1, -0.05) is 42.8 Å². The van der Waals surface area contributed by atoms with Gasteiger partial charge < -0.3 is 5.32 Å². The van der Waals surface area contributed by atoms with Crippen LogP contribution in [-0.2, 0) is 17.2 Å². The average molecular weight is 320 g/mol. The van der Waals surface area contributed by atoms with Gasteiger partial charge in [-0.15, -0.1) is 0 Å². The maximum atomic E-state index is 12.9. The Morgan fingerprint density at radius 3 is 2.62 bits per heavy atom. The molecule has 1 aliphatic carbocycles. The predicted octanol–water partition coefficient (Wildman–Crippen LogP) is 3.72. The van der Waals surface area contributed by atoms with Crippen molar-refractivity contribution >= 4 is 22.4 Å². The van der Waals surface area contributed by atoms with E-state index in [0.717, 1.165) is 17.9 Å². The van der Waals surface area contributed by atoms with Crippen LogP contribution in [0.5, 0.6) is 0 Å². The van der Waals surface area contributed by atoms with E-state index in [1.54, 1.807) is 12.1 Å². The Bertz CT molecular complexity index is 656. The summed E-state index contributed by atoms with van der Waals surface area (Å²) in [5.41, 5.74) is 2.59. The Hall–Kier alpha value is -1.16. The number of nitrogens with one attached hydrogen (secondary N) is 1. The molecule has 3 atom stereocenters. The monoisotopic (exact) mass is 319 g/mol. The normalized spacial score (nSPS) is 22.0. The van der Waals surface area contributed by atoms with Crippen LogP contribution >= 0.6 is 11.6 Å². The summed E-state index contributed by atoms with van der Waals surface area (Å²) in [6, 6.07) is 15.9. The van der Waals surface area contributed by atoms with Crippen molar-refractivity contribution in [2.24, 2.45) is 0 Å². The number of halogens is 1. The van der Waals surface area contributed by atoms with Crippen molar-refractivity contribution in [3.05, 3.63) is 64.7 Å². The highest BCUT2D eigenvalue weighted by atomic mass is 35.5. The topological polar surface area (TPSA) is 29.1 Å². The number of hydrogen-bond donors (Lipinski definition) is 1. The fourth-order valence-corrected chi connectivity index (χ4v) is 4.66. The van der Waals surface area contributed by atoms with Gasteiger partial charge in [0.2, 0.25) is 0 Å². The lowest BCUT2D eigenvalue weighted by molar-refractivity contribution is 0.546. The predicted molar refractivity (Wildman–Crippen MR) is 88.2 cm³/mol. The SMILES string of the molecule is CCNC1c2ccccc2CC1S(=O)c1ccc(Cl)cc1. The van der Waals surface area contributed by atoms with Crippen LogP contribution in [0.15, 0.2) is 53.4 Å². The number of benzene rings is 2. The molecule has 3 unspecified atom stereocenters. The van der Waals surface area contributed by atoms with Crippen molar-refractivity contribution in [2.45, 2.75) is 29.5 Å². The van der Waals surface area contributed by atoms with Crippen LogP contribution in [0.25, 0.3) is 0 Å². The fraction of sp³-hybridized carbons (Fsp3) is 0.294. The third-order valence-corrected chi connectivity index (χ3v) is 5.91. The van der Waals surface area contributed by atoms with Gasteiger partial charge in [0.15, 0.2) is 0 Å². The van der Waals surface area contributed by atoms with Crippen molar-refractivity contribution < 1.29 is 4.21 Å². The molecule has 3 rings (SSSR count). The van der Waals surface area contributed by atoms with Gasteiger partial charge in [0, 0.05) is 16.0 Å². The van der Waals surface area contributed by atoms with E-state index in [0.29, 0.717) is 5.02 Å². The first-order chi connectivity index (χ1) is 10.2. The first-order valence-corrected chi connectivity index (χ1v) is 8.77. The molecule has 2 nitrogen and oxygen atoms in total. The molecule has 1 N–H and O–H groups in total.